The minimum Gasteiger partial charge on any atom is -0.347 e. The molecule has 0 aliphatic rings. The second-order valence-corrected chi connectivity index (χ2v) is 5.88. The van der Waals surface area contributed by atoms with Crippen LogP contribution in [0.5, 0.6) is 0 Å². The standard InChI is InChI=1S/C15H19N3OS/c1-9(16)14(19)17-10(2)13-11(3)18-15(20-13)12-7-5-4-6-8-12/h4-10H,16H2,1-3H3,(H,17,19)/t9-,10?/m1/s1. The zero-order valence-electron chi connectivity index (χ0n) is 11.9. The van der Waals surface area contributed by atoms with Crippen molar-refractivity contribution in [1.82, 2.24) is 10.3 Å². The average Bonchev–Trinajstić information content (AvgIpc) is 2.81. The molecule has 0 spiro atoms. The van der Waals surface area contributed by atoms with Crippen molar-refractivity contribution in [3.8, 4) is 10.6 Å². The molecule has 0 aliphatic carbocycles. The lowest BCUT2D eigenvalue weighted by Gasteiger charge is -2.14. The summed E-state index contributed by atoms with van der Waals surface area (Å²) in [5, 5.41) is 3.88. The van der Waals surface area contributed by atoms with E-state index in [0.717, 1.165) is 21.1 Å². The maximum absolute atomic E-state index is 11.7. The molecule has 106 valence electrons. The molecule has 0 saturated carbocycles. The molecule has 1 unspecified atom stereocenters. The van der Waals surface area contributed by atoms with E-state index in [0.29, 0.717) is 0 Å². The Balaban J connectivity index is 2.22. The minimum atomic E-state index is -0.501. The highest BCUT2D eigenvalue weighted by molar-refractivity contribution is 7.15. The Labute approximate surface area is 123 Å². The number of carbonyl (C=O) groups is 1. The lowest BCUT2D eigenvalue weighted by atomic mass is 10.2. The first kappa shape index (κ1) is 14.7. The van der Waals surface area contributed by atoms with Crippen molar-refractivity contribution in [3.05, 3.63) is 40.9 Å². The number of aryl methyl sites for hydroxylation is 1. The molecule has 2 atom stereocenters. The fourth-order valence-electron chi connectivity index (χ4n) is 1.92. The fourth-order valence-corrected chi connectivity index (χ4v) is 3.00. The lowest BCUT2D eigenvalue weighted by Crippen LogP contribution is -2.39. The van der Waals surface area contributed by atoms with Crippen LogP contribution in [0, 0.1) is 6.92 Å². The zero-order valence-corrected chi connectivity index (χ0v) is 12.7. The van der Waals surface area contributed by atoms with Crippen LogP contribution in [0.25, 0.3) is 10.6 Å². The molecule has 0 bridgehead atoms. The Kier molecular flexibility index (Phi) is 4.52. The van der Waals surface area contributed by atoms with Gasteiger partial charge in [-0.15, -0.1) is 11.3 Å². The molecule has 0 aliphatic heterocycles. The van der Waals surface area contributed by atoms with Crippen molar-refractivity contribution in [2.24, 2.45) is 5.73 Å². The number of nitrogens with one attached hydrogen (secondary N) is 1. The van der Waals surface area contributed by atoms with Crippen molar-refractivity contribution >= 4 is 17.2 Å². The third-order valence-corrected chi connectivity index (χ3v) is 4.41. The van der Waals surface area contributed by atoms with Gasteiger partial charge in [-0.05, 0) is 20.8 Å². The van der Waals surface area contributed by atoms with Crippen LogP contribution < -0.4 is 11.1 Å². The Morgan fingerprint density at radius 3 is 2.55 bits per heavy atom. The number of rotatable bonds is 4. The first-order chi connectivity index (χ1) is 9.49. The van der Waals surface area contributed by atoms with Crippen molar-refractivity contribution in [2.45, 2.75) is 32.9 Å². The van der Waals surface area contributed by atoms with Crippen LogP contribution in [0.1, 0.15) is 30.5 Å². The number of nitrogens with two attached hydrogens (primary N) is 1. The molecule has 20 heavy (non-hydrogen) atoms. The molecule has 0 radical (unpaired) electrons. The van der Waals surface area contributed by atoms with Crippen LogP contribution >= 0.6 is 11.3 Å². The largest absolute Gasteiger partial charge is 0.347 e. The highest BCUT2D eigenvalue weighted by Gasteiger charge is 2.18. The molecule has 5 heteroatoms. The van der Waals surface area contributed by atoms with Crippen molar-refractivity contribution in [1.29, 1.82) is 0 Å². The van der Waals surface area contributed by atoms with Gasteiger partial charge in [-0.1, -0.05) is 30.3 Å². The summed E-state index contributed by atoms with van der Waals surface area (Å²) in [6, 6.07) is 9.46. The monoisotopic (exact) mass is 289 g/mol. The number of thiazole rings is 1. The first-order valence-corrected chi connectivity index (χ1v) is 7.39. The smallest absolute Gasteiger partial charge is 0.237 e. The van der Waals surface area contributed by atoms with Gasteiger partial charge in [0, 0.05) is 5.56 Å². The van der Waals surface area contributed by atoms with E-state index in [1.807, 2.05) is 44.2 Å². The van der Waals surface area contributed by atoms with Crippen LogP contribution in [0.15, 0.2) is 30.3 Å². The summed E-state index contributed by atoms with van der Waals surface area (Å²) in [5.74, 6) is -0.147. The number of hydrogen-bond donors (Lipinski definition) is 2. The van der Waals surface area contributed by atoms with Crippen molar-refractivity contribution in [2.75, 3.05) is 0 Å². The summed E-state index contributed by atoms with van der Waals surface area (Å²) in [7, 11) is 0. The Hall–Kier alpha value is -1.72. The predicted octanol–water partition coefficient (Wildman–Crippen LogP) is 2.64. The van der Waals surface area contributed by atoms with Crippen molar-refractivity contribution < 1.29 is 4.79 Å². The summed E-state index contributed by atoms with van der Waals surface area (Å²) >= 11 is 1.61. The van der Waals surface area contributed by atoms with Gasteiger partial charge in [0.05, 0.1) is 22.7 Å². The second-order valence-electron chi connectivity index (χ2n) is 4.85. The molecular formula is C15H19N3OS. The van der Waals surface area contributed by atoms with E-state index in [1.54, 1.807) is 18.3 Å². The number of amides is 1. The van der Waals surface area contributed by atoms with Gasteiger partial charge in [-0.2, -0.15) is 0 Å². The third kappa shape index (κ3) is 3.23. The average molecular weight is 289 g/mol. The van der Waals surface area contributed by atoms with Gasteiger partial charge in [-0.25, -0.2) is 4.98 Å². The van der Waals surface area contributed by atoms with E-state index in [-0.39, 0.29) is 11.9 Å². The van der Waals surface area contributed by atoms with Crippen LogP contribution in [-0.2, 0) is 4.79 Å². The molecule has 2 aromatic rings. The maximum atomic E-state index is 11.7. The molecular weight excluding hydrogens is 270 g/mol. The highest BCUT2D eigenvalue weighted by Crippen LogP contribution is 2.31. The number of benzene rings is 1. The summed E-state index contributed by atoms with van der Waals surface area (Å²) < 4.78 is 0. The van der Waals surface area contributed by atoms with Gasteiger partial charge in [0.2, 0.25) is 5.91 Å². The number of nitrogens with zero attached hydrogens (tertiary/aromatic N) is 1. The summed E-state index contributed by atoms with van der Waals surface area (Å²) in [5.41, 5.74) is 7.62. The number of hydrogen-bond acceptors (Lipinski definition) is 4. The van der Waals surface area contributed by atoms with E-state index in [1.165, 1.54) is 0 Å². The summed E-state index contributed by atoms with van der Waals surface area (Å²) in [6.07, 6.45) is 0. The molecule has 0 fully saturated rings. The van der Waals surface area contributed by atoms with Crippen LogP contribution in [0.2, 0.25) is 0 Å². The van der Waals surface area contributed by atoms with E-state index in [2.05, 4.69) is 10.3 Å². The van der Waals surface area contributed by atoms with Gasteiger partial charge in [-0.3, -0.25) is 4.79 Å². The normalized spacial score (nSPS) is 13.8. The van der Waals surface area contributed by atoms with Gasteiger partial charge < -0.3 is 11.1 Å². The highest BCUT2D eigenvalue weighted by atomic mass is 32.1. The Bertz CT molecular complexity index is 592. The molecule has 2 rings (SSSR count). The van der Waals surface area contributed by atoms with Gasteiger partial charge >= 0.3 is 0 Å². The van der Waals surface area contributed by atoms with Crippen molar-refractivity contribution in [3.63, 3.8) is 0 Å². The fraction of sp³-hybridized carbons (Fsp3) is 0.333. The van der Waals surface area contributed by atoms with E-state index in [9.17, 15) is 4.79 Å². The molecule has 1 aromatic heterocycles. The minimum absolute atomic E-state index is 0.0801. The molecule has 0 saturated heterocycles. The summed E-state index contributed by atoms with van der Waals surface area (Å²) in [6.45, 7) is 5.60. The topological polar surface area (TPSA) is 68.0 Å². The molecule has 1 heterocycles. The van der Waals surface area contributed by atoms with Gasteiger partial charge in [0.25, 0.3) is 0 Å². The van der Waals surface area contributed by atoms with E-state index < -0.39 is 6.04 Å². The maximum Gasteiger partial charge on any atom is 0.237 e. The lowest BCUT2D eigenvalue weighted by molar-refractivity contribution is -0.122. The van der Waals surface area contributed by atoms with Crippen LogP contribution in [0.4, 0.5) is 0 Å². The number of aromatic nitrogens is 1. The predicted molar refractivity (Wildman–Crippen MR) is 82.5 cm³/mol. The van der Waals surface area contributed by atoms with Gasteiger partial charge in [0.1, 0.15) is 5.01 Å². The quantitative estimate of drug-likeness (QED) is 0.909. The SMILES string of the molecule is Cc1nc(-c2ccccc2)sc1C(C)NC(=O)[C@@H](C)N. The Morgan fingerprint density at radius 1 is 1.30 bits per heavy atom. The zero-order chi connectivity index (χ0) is 14.7. The summed E-state index contributed by atoms with van der Waals surface area (Å²) in [4.78, 5) is 17.3. The van der Waals surface area contributed by atoms with Crippen LogP contribution in [0.3, 0.4) is 0 Å². The number of carbonyl (C=O) groups excluding carboxylic acids is 1. The van der Waals surface area contributed by atoms with Gasteiger partial charge in [0.15, 0.2) is 0 Å². The van der Waals surface area contributed by atoms with E-state index in [4.69, 9.17) is 5.73 Å². The first-order valence-electron chi connectivity index (χ1n) is 6.57. The molecule has 4 nitrogen and oxygen atoms in total. The van der Waals surface area contributed by atoms with Crippen LogP contribution in [-0.4, -0.2) is 16.9 Å². The second kappa shape index (κ2) is 6.15. The molecule has 3 N–H and O–H groups in total. The van der Waals surface area contributed by atoms with E-state index >= 15 is 0 Å². The molecule has 1 amide bonds. The molecule has 1 aromatic carbocycles. The third-order valence-electron chi connectivity index (χ3n) is 3.02. The Morgan fingerprint density at radius 2 is 1.95 bits per heavy atom.